The fraction of sp³-hybridized carbons (Fsp3) is 0.357. The minimum Gasteiger partial charge on any atom is -0.398 e. The van der Waals surface area contributed by atoms with Crippen molar-refractivity contribution in [3.63, 3.8) is 0 Å². The third-order valence-corrected chi connectivity index (χ3v) is 4.37. The summed E-state index contributed by atoms with van der Waals surface area (Å²) in [5.74, 6) is -0.0107. The fourth-order valence-corrected chi connectivity index (χ4v) is 3.29. The number of nitrogen functional groups attached to an aromatic ring is 1. The summed E-state index contributed by atoms with van der Waals surface area (Å²) in [7, 11) is 0. The van der Waals surface area contributed by atoms with Gasteiger partial charge in [0.15, 0.2) is 0 Å². The Balaban J connectivity index is 2.01. The van der Waals surface area contributed by atoms with E-state index in [0.717, 1.165) is 48.4 Å². The quantitative estimate of drug-likeness (QED) is 0.860. The van der Waals surface area contributed by atoms with Crippen LogP contribution in [0.2, 0.25) is 0 Å². The van der Waals surface area contributed by atoms with E-state index in [1.165, 1.54) is 11.5 Å². The summed E-state index contributed by atoms with van der Waals surface area (Å²) in [5, 5.41) is 4.02. The van der Waals surface area contributed by atoms with Gasteiger partial charge in [0.1, 0.15) is 4.88 Å². The van der Waals surface area contributed by atoms with Crippen LogP contribution in [0.3, 0.4) is 0 Å². The van der Waals surface area contributed by atoms with Crippen molar-refractivity contribution >= 4 is 28.8 Å². The molecule has 0 spiro atoms. The minimum atomic E-state index is -0.0107. The maximum atomic E-state index is 12.7. The lowest BCUT2D eigenvalue weighted by atomic mass is 9.99. The predicted octanol–water partition coefficient (Wildman–Crippen LogP) is 2.28. The van der Waals surface area contributed by atoms with Crippen LogP contribution in [0.5, 0.6) is 0 Å². The van der Waals surface area contributed by atoms with Crippen LogP contribution >= 0.6 is 11.5 Å². The molecule has 0 bridgehead atoms. The number of carbonyl (C=O) groups is 1. The molecule has 0 saturated heterocycles. The van der Waals surface area contributed by atoms with Gasteiger partial charge in [-0.15, -0.1) is 5.10 Å². The van der Waals surface area contributed by atoms with Gasteiger partial charge in [0.25, 0.3) is 5.91 Å². The second-order valence-electron chi connectivity index (χ2n) is 4.81. The monoisotopic (exact) mass is 288 g/mol. The van der Waals surface area contributed by atoms with E-state index in [0.29, 0.717) is 4.88 Å². The van der Waals surface area contributed by atoms with E-state index in [4.69, 9.17) is 5.73 Å². The molecule has 0 saturated carbocycles. The predicted molar refractivity (Wildman–Crippen MR) is 80.1 cm³/mol. The van der Waals surface area contributed by atoms with Crippen molar-refractivity contribution in [3.8, 4) is 0 Å². The van der Waals surface area contributed by atoms with Crippen molar-refractivity contribution in [2.75, 3.05) is 17.2 Å². The van der Waals surface area contributed by atoms with Crippen LogP contribution in [0.15, 0.2) is 18.2 Å². The van der Waals surface area contributed by atoms with Gasteiger partial charge >= 0.3 is 0 Å². The summed E-state index contributed by atoms with van der Waals surface area (Å²) in [4.78, 5) is 15.2. The van der Waals surface area contributed by atoms with Gasteiger partial charge in [-0.1, -0.05) is 17.5 Å². The Hall–Kier alpha value is -1.95. The molecule has 1 aliphatic rings. The highest BCUT2D eigenvalue weighted by atomic mass is 32.1. The molecular weight excluding hydrogens is 272 g/mol. The first-order valence-corrected chi connectivity index (χ1v) is 7.50. The Morgan fingerprint density at radius 1 is 1.50 bits per heavy atom. The summed E-state index contributed by atoms with van der Waals surface area (Å²) < 4.78 is 3.90. The minimum absolute atomic E-state index is 0.0107. The molecule has 104 valence electrons. The molecular formula is C14H16N4OS. The number of nitrogens with zero attached hydrogens (tertiary/aromatic N) is 3. The van der Waals surface area contributed by atoms with Crippen LogP contribution in [0.1, 0.15) is 34.3 Å². The number of anilines is 2. The summed E-state index contributed by atoms with van der Waals surface area (Å²) in [6.45, 7) is 2.70. The first-order chi connectivity index (χ1) is 9.72. The second-order valence-corrected chi connectivity index (χ2v) is 5.56. The van der Waals surface area contributed by atoms with Crippen molar-refractivity contribution in [1.29, 1.82) is 0 Å². The average Bonchev–Trinajstić information content (AvgIpc) is 2.95. The molecule has 3 rings (SSSR count). The van der Waals surface area contributed by atoms with Crippen molar-refractivity contribution in [2.24, 2.45) is 0 Å². The lowest BCUT2D eigenvalue weighted by Gasteiger charge is -2.30. The molecule has 0 unspecified atom stereocenters. The molecule has 1 amide bonds. The number of carbonyl (C=O) groups excluding carboxylic acids is 1. The zero-order chi connectivity index (χ0) is 14.1. The molecule has 2 N–H and O–H groups in total. The Morgan fingerprint density at radius 3 is 3.15 bits per heavy atom. The molecule has 0 aliphatic carbocycles. The van der Waals surface area contributed by atoms with Crippen LogP contribution < -0.4 is 10.6 Å². The summed E-state index contributed by atoms with van der Waals surface area (Å²) in [6.07, 6.45) is 2.57. The number of aromatic nitrogens is 2. The second kappa shape index (κ2) is 5.20. The zero-order valence-corrected chi connectivity index (χ0v) is 12.1. The number of hydrogen-bond donors (Lipinski definition) is 1. The smallest absolute Gasteiger partial charge is 0.271 e. The van der Waals surface area contributed by atoms with Gasteiger partial charge in [0.05, 0.1) is 5.69 Å². The van der Waals surface area contributed by atoms with E-state index < -0.39 is 0 Å². The van der Waals surface area contributed by atoms with E-state index in [2.05, 4.69) is 9.59 Å². The van der Waals surface area contributed by atoms with Gasteiger partial charge in [-0.2, -0.15) is 0 Å². The van der Waals surface area contributed by atoms with Crippen molar-refractivity contribution in [1.82, 2.24) is 9.59 Å². The fourth-order valence-electron chi connectivity index (χ4n) is 2.59. The standard InChI is InChI=1S/C14H16N4OS/c1-2-11-13(20-17-16-11)14(19)18-8-4-5-9-10(15)6-3-7-12(9)18/h3,6-7H,2,4-5,8,15H2,1H3. The highest BCUT2D eigenvalue weighted by Gasteiger charge is 2.27. The first kappa shape index (κ1) is 13.1. The van der Waals surface area contributed by atoms with Gasteiger partial charge in [-0.05, 0) is 48.5 Å². The summed E-state index contributed by atoms with van der Waals surface area (Å²) in [6, 6.07) is 5.74. The van der Waals surface area contributed by atoms with Gasteiger partial charge in [0, 0.05) is 17.9 Å². The van der Waals surface area contributed by atoms with Crippen LogP contribution in [-0.4, -0.2) is 22.0 Å². The molecule has 6 heteroatoms. The van der Waals surface area contributed by atoms with E-state index in [1.807, 2.05) is 30.0 Å². The molecule has 0 atom stereocenters. The Kier molecular flexibility index (Phi) is 3.40. The maximum Gasteiger partial charge on any atom is 0.271 e. The SMILES string of the molecule is CCc1nnsc1C(=O)N1CCCc2c(N)cccc21. The molecule has 0 fully saturated rings. The number of fused-ring (bicyclic) bond motifs is 1. The van der Waals surface area contributed by atoms with Gasteiger partial charge in [0.2, 0.25) is 0 Å². The number of aryl methyl sites for hydroxylation is 1. The number of nitrogens with two attached hydrogens (primary N) is 1. The molecule has 2 heterocycles. The van der Waals surface area contributed by atoms with Gasteiger partial charge in [-0.3, -0.25) is 4.79 Å². The Morgan fingerprint density at radius 2 is 2.35 bits per heavy atom. The molecule has 2 aromatic rings. The summed E-state index contributed by atoms with van der Waals surface area (Å²) in [5.41, 5.74) is 9.55. The molecule has 20 heavy (non-hydrogen) atoms. The highest BCUT2D eigenvalue weighted by molar-refractivity contribution is 7.08. The van der Waals surface area contributed by atoms with Crippen molar-refractivity contribution < 1.29 is 4.79 Å². The largest absolute Gasteiger partial charge is 0.398 e. The van der Waals surface area contributed by atoms with Gasteiger partial charge < -0.3 is 10.6 Å². The van der Waals surface area contributed by atoms with Crippen LogP contribution in [0.4, 0.5) is 11.4 Å². The normalized spacial score (nSPS) is 14.2. The Labute approximate surface area is 121 Å². The van der Waals surface area contributed by atoms with Gasteiger partial charge in [-0.25, -0.2) is 0 Å². The highest BCUT2D eigenvalue weighted by Crippen LogP contribution is 2.32. The topological polar surface area (TPSA) is 72.1 Å². The lowest BCUT2D eigenvalue weighted by molar-refractivity contribution is 0.0988. The average molecular weight is 288 g/mol. The molecule has 1 aromatic carbocycles. The number of hydrogen-bond acceptors (Lipinski definition) is 5. The van der Waals surface area contributed by atoms with E-state index in [-0.39, 0.29) is 5.91 Å². The van der Waals surface area contributed by atoms with Crippen molar-refractivity contribution in [2.45, 2.75) is 26.2 Å². The third kappa shape index (κ3) is 2.06. The molecule has 1 aliphatic heterocycles. The number of amides is 1. The van der Waals surface area contributed by atoms with Crippen molar-refractivity contribution in [3.05, 3.63) is 34.3 Å². The number of benzene rings is 1. The number of rotatable bonds is 2. The van der Waals surface area contributed by atoms with Crippen LogP contribution in [0, 0.1) is 0 Å². The van der Waals surface area contributed by atoms with Crippen LogP contribution in [-0.2, 0) is 12.8 Å². The molecule has 1 aromatic heterocycles. The Bertz CT molecular complexity index is 652. The van der Waals surface area contributed by atoms with E-state index in [1.54, 1.807) is 0 Å². The zero-order valence-electron chi connectivity index (χ0n) is 11.3. The van der Waals surface area contributed by atoms with E-state index in [9.17, 15) is 4.79 Å². The van der Waals surface area contributed by atoms with E-state index >= 15 is 0 Å². The third-order valence-electron chi connectivity index (χ3n) is 3.62. The maximum absolute atomic E-state index is 12.7. The summed E-state index contributed by atoms with van der Waals surface area (Å²) >= 11 is 1.17. The first-order valence-electron chi connectivity index (χ1n) is 6.72. The molecule has 5 nitrogen and oxygen atoms in total. The van der Waals surface area contributed by atoms with Crippen LogP contribution in [0.25, 0.3) is 0 Å². The molecule has 0 radical (unpaired) electrons. The lowest BCUT2D eigenvalue weighted by Crippen LogP contribution is -2.35.